The van der Waals surface area contributed by atoms with Gasteiger partial charge in [-0.2, -0.15) is 0 Å². The quantitative estimate of drug-likeness (QED) is 0.561. The summed E-state index contributed by atoms with van der Waals surface area (Å²) in [5.41, 5.74) is 1.33. The fourth-order valence-corrected chi connectivity index (χ4v) is 2.69. The topological polar surface area (TPSA) is 12.0 Å². The molecule has 0 amide bonds. The van der Waals surface area contributed by atoms with Crippen LogP contribution >= 0.6 is 38.5 Å². The van der Waals surface area contributed by atoms with Crippen molar-refractivity contribution in [2.45, 2.75) is 32.7 Å². The summed E-state index contributed by atoms with van der Waals surface area (Å²) in [5.74, 6) is 6.15. The van der Waals surface area contributed by atoms with Gasteiger partial charge >= 0.3 is 0 Å². The van der Waals surface area contributed by atoms with E-state index >= 15 is 0 Å². The molecule has 1 unspecified atom stereocenters. The van der Waals surface area contributed by atoms with Crippen LogP contribution in [0.3, 0.4) is 0 Å². The van der Waals surface area contributed by atoms with Crippen LogP contribution < -0.4 is 5.32 Å². The van der Waals surface area contributed by atoms with Gasteiger partial charge in [0.2, 0.25) is 0 Å². The molecule has 0 fully saturated rings. The lowest BCUT2D eigenvalue weighted by atomic mass is 10.0. The van der Waals surface area contributed by atoms with Crippen molar-refractivity contribution in [3.05, 3.63) is 31.8 Å². The van der Waals surface area contributed by atoms with Gasteiger partial charge in [0.15, 0.2) is 0 Å². The van der Waals surface area contributed by atoms with E-state index in [-0.39, 0.29) is 0 Å². The van der Waals surface area contributed by atoms with Crippen LogP contribution in [-0.2, 0) is 0 Å². The third kappa shape index (κ3) is 4.99. The summed E-state index contributed by atoms with van der Waals surface area (Å²) in [7, 11) is 0. The Balaban J connectivity index is 2.92. The van der Waals surface area contributed by atoms with E-state index in [9.17, 15) is 0 Å². The van der Waals surface area contributed by atoms with Crippen molar-refractivity contribution < 1.29 is 0 Å². The highest BCUT2D eigenvalue weighted by Gasteiger charge is 2.12. The second-order valence-corrected chi connectivity index (χ2v) is 5.88. The lowest BCUT2D eigenvalue weighted by Crippen LogP contribution is -2.22. The summed E-state index contributed by atoms with van der Waals surface area (Å²) in [6, 6.07) is 6.73. The van der Waals surface area contributed by atoms with Crippen LogP contribution in [0.4, 0.5) is 0 Å². The van der Waals surface area contributed by atoms with E-state index in [4.69, 9.17) is 0 Å². The first-order chi connectivity index (χ1) is 8.19. The Bertz CT molecular complexity index is 420. The standard InChI is InChI=1S/C14H17BrIN/c1-3-5-6-14(17-9-4-2)12-10-11(15)7-8-13(12)16/h7-8,10,14,17H,4,6,9H2,1-2H3. The largest absolute Gasteiger partial charge is 0.309 e. The molecular weight excluding hydrogens is 389 g/mol. The zero-order chi connectivity index (χ0) is 12.7. The van der Waals surface area contributed by atoms with Crippen molar-refractivity contribution in [1.82, 2.24) is 5.32 Å². The highest BCUT2D eigenvalue weighted by molar-refractivity contribution is 14.1. The fourth-order valence-electron chi connectivity index (χ4n) is 1.60. The average molecular weight is 406 g/mol. The number of nitrogens with one attached hydrogen (secondary N) is 1. The van der Waals surface area contributed by atoms with Gasteiger partial charge < -0.3 is 5.32 Å². The summed E-state index contributed by atoms with van der Waals surface area (Å²) in [5, 5.41) is 3.56. The molecule has 0 spiro atoms. The summed E-state index contributed by atoms with van der Waals surface area (Å²) in [4.78, 5) is 0. The van der Waals surface area contributed by atoms with Gasteiger partial charge in [0, 0.05) is 20.5 Å². The Morgan fingerprint density at radius 1 is 1.47 bits per heavy atom. The van der Waals surface area contributed by atoms with Gasteiger partial charge in [0.1, 0.15) is 0 Å². The van der Waals surface area contributed by atoms with E-state index in [0.29, 0.717) is 6.04 Å². The highest BCUT2D eigenvalue weighted by Crippen LogP contribution is 2.26. The van der Waals surface area contributed by atoms with Gasteiger partial charge in [-0.15, -0.1) is 11.8 Å². The first kappa shape index (κ1) is 15.0. The van der Waals surface area contributed by atoms with E-state index in [1.807, 2.05) is 6.92 Å². The molecular formula is C14H17BrIN. The van der Waals surface area contributed by atoms with E-state index in [1.165, 1.54) is 9.13 Å². The van der Waals surface area contributed by atoms with Gasteiger partial charge in [-0.25, -0.2) is 0 Å². The van der Waals surface area contributed by atoms with Crippen molar-refractivity contribution >= 4 is 38.5 Å². The van der Waals surface area contributed by atoms with E-state index in [1.54, 1.807) is 0 Å². The molecule has 0 bridgehead atoms. The maximum absolute atomic E-state index is 3.56. The Morgan fingerprint density at radius 3 is 2.88 bits per heavy atom. The zero-order valence-corrected chi connectivity index (χ0v) is 13.9. The molecule has 1 aromatic rings. The lowest BCUT2D eigenvalue weighted by Gasteiger charge is -2.18. The van der Waals surface area contributed by atoms with Crippen LogP contribution in [-0.4, -0.2) is 6.54 Å². The molecule has 1 rings (SSSR count). The van der Waals surface area contributed by atoms with Gasteiger partial charge in [-0.1, -0.05) is 22.9 Å². The second-order valence-electron chi connectivity index (χ2n) is 3.80. The maximum Gasteiger partial charge on any atom is 0.0441 e. The maximum atomic E-state index is 3.56. The number of benzene rings is 1. The summed E-state index contributed by atoms with van der Waals surface area (Å²) in [6.45, 7) is 5.10. The molecule has 0 radical (unpaired) electrons. The Labute approximate surface area is 126 Å². The predicted molar refractivity (Wildman–Crippen MR) is 86.0 cm³/mol. The van der Waals surface area contributed by atoms with Crippen molar-refractivity contribution in [2.75, 3.05) is 6.54 Å². The van der Waals surface area contributed by atoms with Gasteiger partial charge in [-0.3, -0.25) is 0 Å². The fraction of sp³-hybridized carbons (Fsp3) is 0.429. The van der Waals surface area contributed by atoms with Gasteiger partial charge in [0.25, 0.3) is 0 Å². The monoisotopic (exact) mass is 405 g/mol. The molecule has 1 atom stereocenters. The van der Waals surface area contributed by atoms with Crippen LogP contribution in [0, 0.1) is 15.4 Å². The first-order valence-electron chi connectivity index (χ1n) is 5.77. The van der Waals surface area contributed by atoms with Crippen molar-refractivity contribution in [3.8, 4) is 11.8 Å². The molecule has 1 nitrogen and oxygen atoms in total. The molecule has 0 heterocycles. The molecule has 0 saturated carbocycles. The zero-order valence-electron chi connectivity index (χ0n) is 10.2. The minimum absolute atomic E-state index is 0.326. The molecule has 0 aliphatic carbocycles. The third-order valence-corrected chi connectivity index (χ3v) is 3.93. The SMILES string of the molecule is CC#CCC(NCCC)c1cc(Br)ccc1I. The number of rotatable bonds is 5. The molecule has 1 N–H and O–H groups in total. The predicted octanol–water partition coefficient (Wildman–Crippen LogP) is 4.51. The molecule has 0 aromatic heterocycles. The Morgan fingerprint density at radius 2 is 2.24 bits per heavy atom. The van der Waals surface area contributed by atoms with E-state index in [0.717, 1.165) is 23.9 Å². The third-order valence-electron chi connectivity index (χ3n) is 2.46. The molecule has 1 aromatic carbocycles. The van der Waals surface area contributed by atoms with Crippen LogP contribution in [0.5, 0.6) is 0 Å². The van der Waals surface area contributed by atoms with Gasteiger partial charge in [-0.05, 0) is 66.2 Å². The van der Waals surface area contributed by atoms with E-state index in [2.05, 4.69) is 80.8 Å². The summed E-state index contributed by atoms with van der Waals surface area (Å²) < 4.78 is 2.41. The molecule has 17 heavy (non-hydrogen) atoms. The number of hydrogen-bond acceptors (Lipinski definition) is 1. The highest BCUT2D eigenvalue weighted by atomic mass is 127. The molecule has 0 saturated heterocycles. The molecule has 92 valence electrons. The Hall–Kier alpha value is -0.0500. The second kappa shape index (κ2) is 8.12. The smallest absolute Gasteiger partial charge is 0.0441 e. The first-order valence-corrected chi connectivity index (χ1v) is 7.64. The lowest BCUT2D eigenvalue weighted by molar-refractivity contribution is 0.540. The van der Waals surface area contributed by atoms with Gasteiger partial charge in [0.05, 0.1) is 0 Å². The number of halogens is 2. The molecule has 0 aliphatic rings. The molecule has 0 aliphatic heterocycles. The van der Waals surface area contributed by atoms with E-state index < -0.39 is 0 Å². The van der Waals surface area contributed by atoms with Crippen LogP contribution in [0.1, 0.15) is 38.3 Å². The van der Waals surface area contributed by atoms with Crippen molar-refractivity contribution in [1.29, 1.82) is 0 Å². The van der Waals surface area contributed by atoms with Crippen LogP contribution in [0.2, 0.25) is 0 Å². The Kier molecular flexibility index (Phi) is 7.17. The minimum atomic E-state index is 0.326. The average Bonchev–Trinajstić information content (AvgIpc) is 2.33. The van der Waals surface area contributed by atoms with Crippen molar-refractivity contribution in [3.63, 3.8) is 0 Å². The minimum Gasteiger partial charge on any atom is -0.309 e. The number of hydrogen-bond donors (Lipinski definition) is 1. The normalized spacial score (nSPS) is 11.8. The van der Waals surface area contributed by atoms with Crippen LogP contribution in [0.15, 0.2) is 22.7 Å². The summed E-state index contributed by atoms with van der Waals surface area (Å²) >= 11 is 5.92. The summed E-state index contributed by atoms with van der Waals surface area (Å²) in [6.07, 6.45) is 2.00. The van der Waals surface area contributed by atoms with Crippen molar-refractivity contribution in [2.24, 2.45) is 0 Å². The molecule has 3 heteroatoms. The van der Waals surface area contributed by atoms with Crippen LogP contribution in [0.25, 0.3) is 0 Å².